The average Bonchev–Trinajstić information content (AvgIpc) is 3.02. The highest BCUT2D eigenvalue weighted by Crippen LogP contribution is 2.35. The Morgan fingerprint density at radius 1 is 1.39 bits per heavy atom. The number of hydrogen-bond donors (Lipinski definition) is 1. The van der Waals surface area contributed by atoms with Crippen LogP contribution >= 0.6 is 0 Å². The number of sulfone groups is 1. The average molecular weight is 341 g/mol. The van der Waals surface area contributed by atoms with Gasteiger partial charge < -0.3 is 15.1 Å². The van der Waals surface area contributed by atoms with Crippen molar-refractivity contribution in [2.45, 2.75) is 38.0 Å². The molecule has 1 aromatic carbocycles. The van der Waals surface area contributed by atoms with Gasteiger partial charge >= 0.3 is 0 Å². The number of halogens is 1. The molecule has 7 nitrogen and oxygen atoms in total. The largest absolute Gasteiger partial charge is 0.396 e. The molecular formula is C14H16FN3O4S. The third kappa shape index (κ3) is 2.54. The van der Waals surface area contributed by atoms with E-state index in [0.717, 1.165) is 6.07 Å². The van der Waals surface area contributed by atoms with Crippen molar-refractivity contribution in [3.05, 3.63) is 23.6 Å². The molecule has 0 spiro atoms. The highest BCUT2D eigenvalue weighted by atomic mass is 32.2. The molecule has 1 unspecified atom stereocenters. The standard InChI is InChI=1S/C14H16FN3O4S/c1-7(23(19,20)12-6-14(2,3)22-17-12)13-8-4-10(16)9(15)5-11(8)21-18-13/h4-5,7H,6,16H2,1-3H3. The summed E-state index contributed by atoms with van der Waals surface area (Å²) in [4.78, 5) is 5.12. The topological polar surface area (TPSA) is 108 Å². The Labute approximate surface area is 132 Å². The molecule has 2 heterocycles. The number of nitrogen functional groups attached to an aromatic ring is 1. The second-order valence-corrected chi connectivity index (χ2v) is 8.41. The number of hydrogen-bond acceptors (Lipinski definition) is 7. The van der Waals surface area contributed by atoms with E-state index in [-0.39, 0.29) is 28.4 Å². The van der Waals surface area contributed by atoms with Gasteiger partial charge in [-0.2, -0.15) is 0 Å². The van der Waals surface area contributed by atoms with Gasteiger partial charge in [-0.15, -0.1) is 0 Å². The number of fused-ring (bicyclic) bond motifs is 1. The van der Waals surface area contributed by atoms with Crippen molar-refractivity contribution >= 4 is 31.5 Å². The summed E-state index contributed by atoms with van der Waals surface area (Å²) in [7, 11) is -3.78. The third-order valence-electron chi connectivity index (χ3n) is 3.77. The van der Waals surface area contributed by atoms with Crippen molar-refractivity contribution in [2.75, 3.05) is 5.73 Å². The maximum absolute atomic E-state index is 13.5. The first kappa shape index (κ1) is 15.7. The molecule has 0 bridgehead atoms. The van der Waals surface area contributed by atoms with Crippen molar-refractivity contribution in [3.8, 4) is 0 Å². The monoisotopic (exact) mass is 341 g/mol. The van der Waals surface area contributed by atoms with Crippen LogP contribution in [0.3, 0.4) is 0 Å². The van der Waals surface area contributed by atoms with Crippen LogP contribution in [-0.4, -0.2) is 24.2 Å². The van der Waals surface area contributed by atoms with Crippen molar-refractivity contribution in [2.24, 2.45) is 5.16 Å². The minimum atomic E-state index is -3.78. The zero-order valence-electron chi connectivity index (χ0n) is 12.8. The van der Waals surface area contributed by atoms with Gasteiger partial charge in [0.25, 0.3) is 0 Å². The molecule has 0 saturated heterocycles. The molecule has 1 aromatic heterocycles. The lowest BCUT2D eigenvalue weighted by molar-refractivity contribution is 0.0123. The first-order valence-electron chi connectivity index (χ1n) is 6.95. The Kier molecular flexibility index (Phi) is 3.36. The van der Waals surface area contributed by atoms with Gasteiger partial charge in [-0.05, 0) is 26.8 Å². The van der Waals surface area contributed by atoms with E-state index in [1.54, 1.807) is 13.8 Å². The van der Waals surface area contributed by atoms with Gasteiger partial charge in [0.05, 0.1) is 5.69 Å². The second-order valence-electron chi connectivity index (χ2n) is 6.14. The van der Waals surface area contributed by atoms with E-state index < -0.39 is 26.5 Å². The number of aromatic nitrogens is 1. The number of nitrogens with two attached hydrogens (primary N) is 1. The number of oxime groups is 1. The van der Waals surface area contributed by atoms with E-state index in [2.05, 4.69) is 10.3 Å². The quantitative estimate of drug-likeness (QED) is 0.841. The molecule has 0 radical (unpaired) electrons. The molecule has 2 N–H and O–H groups in total. The lowest BCUT2D eigenvalue weighted by Gasteiger charge is -2.14. The summed E-state index contributed by atoms with van der Waals surface area (Å²) in [6, 6.07) is 2.40. The molecule has 1 aliphatic rings. The van der Waals surface area contributed by atoms with Crippen LogP contribution in [0, 0.1) is 5.82 Å². The van der Waals surface area contributed by atoms with Crippen LogP contribution in [-0.2, 0) is 14.7 Å². The predicted molar refractivity (Wildman–Crippen MR) is 82.9 cm³/mol. The molecule has 9 heteroatoms. The molecule has 2 aromatic rings. The Morgan fingerprint density at radius 3 is 2.70 bits per heavy atom. The molecule has 3 rings (SSSR count). The van der Waals surface area contributed by atoms with Crippen LogP contribution in [0.15, 0.2) is 21.8 Å². The number of benzene rings is 1. The Bertz CT molecular complexity index is 917. The summed E-state index contributed by atoms with van der Waals surface area (Å²) < 4.78 is 43.9. The minimum Gasteiger partial charge on any atom is -0.396 e. The molecule has 1 aliphatic heterocycles. The highest BCUT2D eigenvalue weighted by Gasteiger charge is 2.40. The summed E-state index contributed by atoms with van der Waals surface area (Å²) >= 11 is 0. The SMILES string of the molecule is CC(c1noc2cc(F)c(N)cc12)S(=O)(=O)C1=NOC(C)(C)C1. The van der Waals surface area contributed by atoms with E-state index in [1.165, 1.54) is 13.0 Å². The highest BCUT2D eigenvalue weighted by molar-refractivity contribution is 8.06. The van der Waals surface area contributed by atoms with Crippen LogP contribution in [0.1, 0.15) is 38.1 Å². The van der Waals surface area contributed by atoms with Gasteiger partial charge in [-0.1, -0.05) is 10.3 Å². The maximum atomic E-state index is 13.5. The van der Waals surface area contributed by atoms with E-state index in [9.17, 15) is 12.8 Å². The molecule has 0 saturated carbocycles. The normalized spacial score (nSPS) is 18.7. The van der Waals surface area contributed by atoms with Crippen molar-refractivity contribution in [1.82, 2.24) is 5.16 Å². The summed E-state index contributed by atoms with van der Waals surface area (Å²) in [5, 5.41) is 6.76. The first-order valence-corrected chi connectivity index (χ1v) is 8.50. The van der Waals surface area contributed by atoms with Gasteiger partial charge in [-0.25, -0.2) is 12.8 Å². The van der Waals surface area contributed by atoms with Crippen LogP contribution < -0.4 is 5.73 Å². The van der Waals surface area contributed by atoms with Crippen molar-refractivity contribution in [1.29, 1.82) is 0 Å². The van der Waals surface area contributed by atoms with Crippen molar-refractivity contribution in [3.63, 3.8) is 0 Å². The number of rotatable bonds is 2. The van der Waals surface area contributed by atoms with Crippen LogP contribution in [0.5, 0.6) is 0 Å². The van der Waals surface area contributed by atoms with Gasteiger partial charge in [0.15, 0.2) is 10.6 Å². The number of anilines is 1. The summed E-state index contributed by atoms with van der Waals surface area (Å²) in [6.07, 6.45) is 0.173. The molecule has 124 valence electrons. The van der Waals surface area contributed by atoms with Gasteiger partial charge in [0.1, 0.15) is 22.4 Å². The van der Waals surface area contributed by atoms with E-state index in [1.807, 2.05) is 0 Å². The first-order chi connectivity index (χ1) is 10.6. The maximum Gasteiger partial charge on any atom is 0.203 e. The zero-order valence-corrected chi connectivity index (χ0v) is 13.6. The lowest BCUT2D eigenvalue weighted by atomic mass is 10.1. The van der Waals surface area contributed by atoms with Crippen LogP contribution in [0.25, 0.3) is 11.0 Å². The summed E-state index contributed by atoms with van der Waals surface area (Å²) in [5.41, 5.74) is 5.08. The molecule has 0 aliphatic carbocycles. The molecular weight excluding hydrogens is 325 g/mol. The fourth-order valence-electron chi connectivity index (χ4n) is 2.39. The summed E-state index contributed by atoms with van der Waals surface area (Å²) in [6.45, 7) is 4.97. The molecule has 0 fully saturated rings. The minimum absolute atomic E-state index is 0.0405. The van der Waals surface area contributed by atoms with Crippen LogP contribution in [0.4, 0.5) is 10.1 Å². The van der Waals surface area contributed by atoms with Gasteiger partial charge in [0, 0.05) is 17.9 Å². The van der Waals surface area contributed by atoms with Gasteiger partial charge in [-0.3, -0.25) is 0 Å². The lowest BCUT2D eigenvalue weighted by Crippen LogP contribution is -2.25. The van der Waals surface area contributed by atoms with Crippen LogP contribution in [0.2, 0.25) is 0 Å². The zero-order chi connectivity index (χ0) is 17.0. The Balaban J connectivity index is 2.04. The van der Waals surface area contributed by atoms with E-state index >= 15 is 0 Å². The van der Waals surface area contributed by atoms with Crippen molar-refractivity contribution < 1.29 is 22.2 Å². The number of nitrogens with zero attached hydrogens (tertiary/aromatic N) is 2. The Hall–Kier alpha value is -2.16. The fraction of sp³-hybridized carbons (Fsp3) is 0.429. The summed E-state index contributed by atoms with van der Waals surface area (Å²) in [5.74, 6) is -0.647. The third-order valence-corrected chi connectivity index (χ3v) is 5.80. The second kappa shape index (κ2) is 4.92. The Morgan fingerprint density at radius 2 is 2.09 bits per heavy atom. The predicted octanol–water partition coefficient (Wildman–Crippen LogP) is 2.54. The van der Waals surface area contributed by atoms with E-state index in [0.29, 0.717) is 5.39 Å². The molecule has 23 heavy (non-hydrogen) atoms. The molecule has 1 atom stereocenters. The fourth-order valence-corrected chi connectivity index (χ4v) is 3.96. The molecule has 0 amide bonds. The van der Waals surface area contributed by atoms with E-state index in [4.69, 9.17) is 15.1 Å². The van der Waals surface area contributed by atoms with Gasteiger partial charge in [0.2, 0.25) is 9.84 Å². The smallest absolute Gasteiger partial charge is 0.203 e.